The summed E-state index contributed by atoms with van der Waals surface area (Å²) in [6.45, 7) is 0. The predicted octanol–water partition coefficient (Wildman–Crippen LogP) is 1.98. The van der Waals surface area contributed by atoms with Crippen LogP contribution in [0, 0.1) is 29.4 Å². The summed E-state index contributed by atoms with van der Waals surface area (Å²) >= 11 is 0. The van der Waals surface area contributed by atoms with Crippen molar-refractivity contribution in [2.24, 2.45) is 32.0 Å². The Kier molecular flexibility index (Phi) is 2080. The quantitative estimate of drug-likeness (QED) is 0.161. The van der Waals surface area contributed by atoms with E-state index < -0.39 is 0 Å². The number of quaternary nitrogens is 3. The van der Waals surface area contributed by atoms with Crippen molar-refractivity contribution in [3.8, 4) is 0 Å². The SMILES string of the molecule is O=NO.O=NO.O=NO.O=NO.O=NO.O=NO.[Ir+3].[NH4+].[NH4+].[NH4+]. The molecule has 0 saturated carbocycles. The minimum Gasteiger partial charge on any atom is -0.379 e. The summed E-state index contributed by atoms with van der Waals surface area (Å²) in [6.07, 6.45) is 0. The number of hydrogen-bond acceptors (Lipinski definition) is 12. The molecule has 0 aliphatic carbocycles. The summed E-state index contributed by atoms with van der Waals surface area (Å²) in [5.41, 5.74) is 0. The Morgan fingerprint density at radius 3 is 0.364 bits per heavy atom. The van der Waals surface area contributed by atoms with Crippen molar-refractivity contribution in [3.63, 3.8) is 0 Å². The number of nitrogens with zero attached hydrogens (tertiary/aromatic N) is 6. The third-order valence-corrected chi connectivity index (χ3v) is 0. The van der Waals surface area contributed by atoms with Gasteiger partial charge in [0.2, 0.25) is 0 Å². The first-order chi connectivity index (χ1) is 8.49. The molecule has 22 heavy (non-hydrogen) atoms. The number of rotatable bonds is 0. The van der Waals surface area contributed by atoms with Crippen molar-refractivity contribution in [1.29, 1.82) is 0 Å². The molecular formula is H18IrN9O12+6. The summed E-state index contributed by atoms with van der Waals surface area (Å²) in [5, 5.41) is 47.3. The van der Waals surface area contributed by atoms with E-state index in [9.17, 15) is 0 Å². The average Bonchev–Trinajstić information content (AvgIpc) is 2.23. The molecule has 138 valence electrons. The zero-order chi connectivity index (χ0) is 16.2. The molecule has 0 rings (SSSR count). The Bertz CT molecular complexity index is 118. The largest absolute Gasteiger partial charge is 3.00 e. The molecular weight excluding hydrogens is 510 g/mol. The second-order valence-electron chi connectivity index (χ2n) is 0.490. The van der Waals surface area contributed by atoms with Crippen LogP contribution in [0.4, 0.5) is 0 Å². The zero-order valence-electron chi connectivity index (χ0n) is 11.1. The molecule has 0 amide bonds. The standard InChI is InChI=1S/Ir.6HNO2.3H3N/c;6*2-1-3;;;/h;6*(H,2,3);3*1H3/q+3;;;;;;;;;/p+3. The van der Waals surface area contributed by atoms with Crippen LogP contribution in [0.25, 0.3) is 0 Å². The molecule has 0 bridgehead atoms. The maximum Gasteiger partial charge on any atom is 3.00 e. The maximum atomic E-state index is 8.11. The van der Waals surface area contributed by atoms with Crippen LogP contribution in [0.15, 0.2) is 32.0 Å². The molecule has 0 aliphatic rings. The normalized spacial score (nSPS) is 3.27. The summed E-state index contributed by atoms with van der Waals surface area (Å²) in [7, 11) is 0. The maximum absolute atomic E-state index is 8.11. The van der Waals surface area contributed by atoms with Crippen molar-refractivity contribution in [2.45, 2.75) is 0 Å². The molecule has 0 unspecified atom stereocenters. The van der Waals surface area contributed by atoms with Gasteiger partial charge in [0.05, 0.1) is 0 Å². The molecule has 0 spiro atoms. The Balaban J connectivity index is -0.00000000947. The molecule has 0 aromatic carbocycles. The summed E-state index contributed by atoms with van der Waals surface area (Å²) < 4.78 is 0. The van der Waals surface area contributed by atoms with Crippen LogP contribution in [0.3, 0.4) is 0 Å². The van der Waals surface area contributed by atoms with Crippen LogP contribution in [0.2, 0.25) is 0 Å². The average molecular weight is 528 g/mol. The van der Waals surface area contributed by atoms with E-state index in [1.54, 1.807) is 0 Å². The van der Waals surface area contributed by atoms with Gasteiger partial charge in [0, 0.05) is 0 Å². The third-order valence-electron chi connectivity index (χ3n) is 0. The van der Waals surface area contributed by atoms with Gasteiger partial charge in [-0.15, -0.1) is 29.4 Å². The van der Waals surface area contributed by atoms with Crippen molar-refractivity contribution in [1.82, 2.24) is 18.5 Å². The van der Waals surface area contributed by atoms with Crippen LogP contribution in [0.1, 0.15) is 0 Å². The van der Waals surface area contributed by atoms with Crippen LogP contribution in [-0.4, -0.2) is 31.2 Å². The van der Waals surface area contributed by atoms with Crippen LogP contribution in [0.5, 0.6) is 0 Å². The van der Waals surface area contributed by atoms with Gasteiger partial charge in [0.25, 0.3) is 0 Å². The van der Waals surface area contributed by atoms with Gasteiger partial charge in [-0.3, -0.25) is 0 Å². The van der Waals surface area contributed by atoms with Gasteiger partial charge in [-0.2, -0.15) is 0 Å². The smallest absolute Gasteiger partial charge is 0.379 e. The summed E-state index contributed by atoms with van der Waals surface area (Å²) in [6, 6.07) is 0. The van der Waals surface area contributed by atoms with Crippen LogP contribution in [-0.2, 0) is 20.1 Å². The Morgan fingerprint density at radius 1 is 0.364 bits per heavy atom. The minimum absolute atomic E-state index is 0. The van der Waals surface area contributed by atoms with Gasteiger partial charge in [0.1, 0.15) is 0 Å². The summed E-state index contributed by atoms with van der Waals surface area (Å²) in [4.78, 5) is 48.7. The van der Waals surface area contributed by atoms with E-state index in [2.05, 4.69) is 0 Å². The molecule has 0 heterocycles. The first kappa shape index (κ1) is 76.3. The third kappa shape index (κ3) is 456. The second-order valence-corrected chi connectivity index (χ2v) is 0.490. The molecule has 18 N–H and O–H groups in total. The van der Waals surface area contributed by atoms with Gasteiger partial charge in [-0.1, -0.05) is 0 Å². The van der Waals surface area contributed by atoms with Gasteiger partial charge in [-0.05, 0) is 0 Å². The van der Waals surface area contributed by atoms with E-state index in [1.807, 2.05) is 0 Å². The Morgan fingerprint density at radius 2 is 0.364 bits per heavy atom. The first-order valence-corrected chi connectivity index (χ1v) is 2.30. The molecule has 0 radical (unpaired) electrons. The van der Waals surface area contributed by atoms with E-state index >= 15 is 0 Å². The van der Waals surface area contributed by atoms with Crippen molar-refractivity contribution >= 4 is 0 Å². The topological polar surface area (TPSA) is 407 Å². The summed E-state index contributed by atoms with van der Waals surface area (Å²) in [5.74, 6) is 0. The number of hydrogen-bond donors (Lipinski definition) is 9. The first-order valence-electron chi connectivity index (χ1n) is 2.30. The Hall–Kier alpha value is -3.07. The molecule has 0 aliphatic heterocycles. The fraction of sp³-hybridized carbons (Fsp3) is 0. The van der Waals surface area contributed by atoms with Gasteiger partial charge in [-0.25, -0.2) is 0 Å². The van der Waals surface area contributed by atoms with E-state index in [1.165, 1.54) is 32.0 Å². The molecule has 0 saturated heterocycles. The molecule has 0 fully saturated rings. The van der Waals surface area contributed by atoms with Crippen molar-refractivity contribution in [3.05, 3.63) is 29.4 Å². The van der Waals surface area contributed by atoms with E-state index in [0.717, 1.165) is 0 Å². The zero-order valence-corrected chi connectivity index (χ0v) is 13.5. The Labute approximate surface area is 132 Å². The van der Waals surface area contributed by atoms with E-state index in [4.69, 9.17) is 60.7 Å². The predicted molar refractivity (Wildman–Crippen MR) is 63.4 cm³/mol. The fourth-order valence-electron chi connectivity index (χ4n) is 0. The van der Waals surface area contributed by atoms with Crippen LogP contribution < -0.4 is 18.5 Å². The minimum atomic E-state index is 0. The van der Waals surface area contributed by atoms with Crippen molar-refractivity contribution in [2.75, 3.05) is 0 Å². The van der Waals surface area contributed by atoms with Gasteiger partial charge >= 0.3 is 20.1 Å². The molecule has 0 atom stereocenters. The van der Waals surface area contributed by atoms with E-state index in [0.29, 0.717) is 0 Å². The van der Waals surface area contributed by atoms with Crippen molar-refractivity contribution < 1.29 is 51.3 Å². The monoisotopic (exact) mass is 529 g/mol. The van der Waals surface area contributed by atoms with Crippen LogP contribution >= 0.6 is 0 Å². The molecule has 22 heteroatoms. The molecule has 21 nitrogen and oxygen atoms in total. The fourth-order valence-corrected chi connectivity index (χ4v) is 0. The van der Waals surface area contributed by atoms with Gasteiger partial charge in [0.15, 0.2) is 32.0 Å². The molecule has 0 aromatic heterocycles. The second kappa shape index (κ2) is 599. The van der Waals surface area contributed by atoms with Gasteiger partial charge < -0.3 is 49.7 Å². The van der Waals surface area contributed by atoms with E-state index in [-0.39, 0.29) is 38.6 Å². The molecule has 0 aromatic rings.